The molecule has 0 bridgehead atoms. The minimum atomic E-state index is -0.358. The number of anilines is 1. The Bertz CT molecular complexity index is 752. The standard InChI is InChI=1S/C21H26N2O3S/c1-15(20(22)17-8-4-3-5-9-17)21(25)23-18-10-6-7-16(13-18)14-27-12-11-19(24)26-2/h3-10,13,15,20H,11-12,14,22H2,1-2H3,(H,23,25). The van der Waals surface area contributed by atoms with Crippen LogP contribution in [0.3, 0.4) is 0 Å². The molecule has 0 aliphatic heterocycles. The maximum Gasteiger partial charge on any atom is 0.306 e. The zero-order chi connectivity index (χ0) is 19.6. The van der Waals surface area contributed by atoms with E-state index >= 15 is 0 Å². The van der Waals surface area contributed by atoms with E-state index in [1.807, 2.05) is 61.5 Å². The molecule has 0 spiro atoms. The Morgan fingerprint density at radius 2 is 1.89 bits per heavy atom. The van der Waals surface area contributed by atoms with Crippen molar-refractivity contribution in [1.29, 1.82) is 0 Å². The number of amides is 1. The molecule has 0 aliphatic carbocycles. The highest BCUT2D eigenvalue weighted by atomic mass is 32.2. The van der Waals surface area contributed by atoms with Gasteiger partial charge in [0, 0.05) is 23.2 Å². The average Bonchev–Trinajstić information content (AvgIpc) is 2.70. The number of hydrogen-bond donors (Lipinski definition) is 2. The second kappa shape index (κ2) is 10.7. The van der Waals surface area contributed by atoms with Gasteiger partial charge in [0.1, 0.15) is 0 Å². The highest BCUT2D eigenvalue weighted by molar-refractivity contribution is 7.98. The van der Waals surface area contributed by atoms with Crippen LogP contribution in [0, 0.1) is 5.92 Å². The van der Waals surface area contributed by atoms with Crippen molar-refractivity contribution in [3.05, 3.63) is 65.7 Å². The number of hydrogen-bond acceptors (Lipinski definition) is 5. The lowest BCUT2D eigenvalue weighted by atomic mass is 9.94. The summed E-state index contributed by atoms with van der Waals surface area (Å²) in [5, 5.41) is 2.95. The Kier molecular flexibility index (Phi) is 8.36. The van der Waals surface area contributed by atoms with Crippen molar-refractivity contribution < 1.29 is 14.3 Å². The molecule has 2 unspecified atom stereocenters. The topological polar surface area (TPSA) is 81.4 Å². The Morgan fingerprint density at radius 1 is 1.15 bits per heavy atom. The minimum absolute atomic E-state index is 0.109. The molecule has 2 atom stereocenters. The molecule has 5 nitrogen and oxygen atoms in total. The molecule has 1 amide bonds. The molecular weight excluding hydrogens is 360 g/mol. The Labute approximate surface area is 164 Å². The molecule has 0 saturated heterocycles. The summed E-state index contributed by atoms with van der Waals surface area (Å²) in [6.45, 7) is 1.83. The number of thioether (sulfide) groups is 1. The second-order valence-electron chi connectivity index (χ2n) is 6.29. The van der Waals surface area contributed by atoms with Gasteiger partial charge in [0.25, 0.3) is 0 Å². The molecule has 0 fully saturated rings. The highest BCUT2D eigenvalue weighted by Crippen LogP contribution is 2.22. The molecule has 3 N–H and O–H groups in total. The first-order valence-electron chi connectivity index (χ1n) is 8.86. The third kappa shape index (κ3) is 6.73. The lowest BCUT2D eigenvalue weighted by molar-refractivity contribution is -0.140. The number of benzene rings is 2. The van der Waals surface area contributed by atoms with E-state index in [-0.39, 0.29) is 23.8 Å². The third-order valence-electron chi connectivity index (χ3n) is 4.28. The van der Waals surface area contributed by atoms with Gasteiger partial charge in [-0.05, 0) is 23.3 Å². The summed E-state index contributed by atoms with van der Waals surface area (Å²) in [5.74, 6) is 0.797. The van der Waals surface area contributed by atoms with Crippen molar-refractivity contribution in [2.75, 3.05) is 18.2 Å². The lowest BCUT2D eigenvalue weighted by Crippen LogP contribution is -2.30. The van der Waals surface area contributed by atoms with Crippen molar-refractivity contribution in [2.24, 2.45) is 11.7 Å². The number of carbonyl (C=O) groups excluding carboxylic acids is 2. The van der Waals surface area contributed by atoms with Crippen LogP contribution in [0.4, 0.5) is 5.69 Å². The van der Waals surface area contributed by atoms with Gasteiger partial charge in [-0.3, -0.25) is 9.59 Å². The molecule has 2 aromatic carbocycles. The summed E-state index contributed by atoms with van der Waals surface area (Å²) in [6.07, 6.45) is 0.395. The molecule has 0 radical (unpaired) electrons. The van der Waals surface area contributed by atoms with Crippen molar-refractivity contribution in [3.63, 3.8) is 0 Å². The zero-order valence-corrected chi connectivity index (χ0v) is 16.5. The maximum absolute atomic E-state index is 12.6. The smallest absolute Gasteiger partial charge is 0.306 e. The van der Waals surface area contributed by atoms with E-state index in [4.69, 9.17) is 5.73 Å². The minimum Gasteiger partial charge on any atom is -0.469 e. The van der Waals surface area contributed by atoms with Gasteiger partial charge in [0.15, 0.2) is 0 Å². The van der Waals surface area contributed by atoms with Gasteiger partial charge in [-0.1, -0.05) is 49.4 Å². The predicted molar refractivity (Wildman–Crippen MR) is 110 cm³/mol. The van der Waals surface area contributed by atoms with Gasteiger partial charge in [0.2, 0.25) is 5.91 Å². The normalized spacial score (nSPS) is 12.9. The predicted octanol–water partition coefficient (Wildman–Crippen LogP) is 3.76. The van der Waals surface area contributed by atoms with Gasteiger partial charge in [0.05, 0.1) is 19.4 Å². The van der Waals surface area contributed by atoms with Gasteiger partial charge < -0.3 is 15.8 Å². The van der Waals surface area contributed by atoms with E-state index in [0.717, 1.165) is 22.6 Å². The van der Waals surface area contributed by atoms with Crippen LogP contribution in [0.2, 0.25) is 0 Å². The summed E-state index contributed by atoms with van der Waals surface area (Å²) in [6, 6.07) is 17.0. The van der Waals surface area contributed by atoms with E-state index in [1.165, 1.54) is 7.11 Å². The average molecular weight is 387 g/mol. The number of methoxy groups -OCH3 is 1. The number of ether oxygens (including phenoxy) is 1. The summed E-state index contributed by atoms with van der Waals surface area (Å²) >= 11 is 1.65. The third-order valence-corrected chi connectivity index (χ3v) is 5.31. The number of esters is 1. The number of carbonyl (C=O) groups is 2. The maximum atomic E-state index is 12.6. The molecule has 6 heteroatoms. The molecule has 144 valence electrons. The van der Waals surface area contributed by atoms with Gasteiger partial charge >= 0.3 is 5.97 Å². The van der Waals surface area contributed by atoms with E-state index in [0.29, 0.717) is 12.2 Å². The van der Waals surface area contributed by atoms with Crippen molar-refractivity contribution in [2.45, 2.75) is 25.1 Å². The number of nitrogens with one attached hydrogen (secondary N) is 1. The number of rotatable bonds is 9. The first-order valence-corrected chi connectivity index (χ1v) is 10.0. The van der Waals surface area contributed by atoms with Crippen LogP contribution in [0.25, 0.3) is 0 Å². The Hall–Kier alpha value is -2.31. The van der Waals surface area contributed by atoms with E-state index < -0.39 is 0 Å². The SMILES string of the molecule is COC(=O)CCSCc1cccc(NC(=O)C(C)C(N)c2ccccc2)c1. The molecule has 27 heavy (non-hydrogen) atoms. The first-order chi connectivity index (χ1) is 13.0. The van der Waals surface area contributed by atoms with Crippen molar-refractivity contribution in [3.8, 4) is 0 Å². The van der Waals surface area contributed by atoms with Crippen LogP contribution in [0.1, 0.15) is 30.5 Å². The number of nitrogens with two attached hydrogens (primary N) is 1. The van der Waals surface area contributed by atoms with Gasteiger partial charge in [-0.15, -0.1) is 0 Å². The summed E-state index contributed by atoms with van der Waals surface area (Å²) < 4.78 is 4.63. The summed E-state index contributed by atoms with van der Waals surface area (Å²) in [7, 11) is 1.39. The van der Waals surface area contributed by atoms with Crippen LogP contribution >= 0.6 is 11.8 Å². The Balaban J connectivity index is 1.89. The Morgan fingerprint density at radius 3 is 2.59 bits per heavy atom. The van der Waals surface area contributed by atoms with Gasteiger partial charge in [-0.2, -0.15) is 11.8 Å². The molecule has 2 aromatic rings. The molecule has 0 saturated carbocycles. The molecule has 0 aliphatic rings. The zero-order valence-electron chi connectivity index (χ0n) is 15.7. The first kappa shape index (κ1) is 21.0. The van der Waals surface area contributed by atoms with Crippen LogP contribution < -0.4 is 11.1 Å². The van der Waals surface area contributed by atoms with E-state index in [1.54, 1.807) is 11.8 Å². The van der Waals surface area contributed by atoms with Crippen molar-refractivity contribution in [1.82, 2.24) is 0 Å². The lowest BCUT2D eigenvalue weighted by Gasteiger charge is -2.20. The molecule has 0 aromatic heterocycles. The van der Waals surface area contributed by atoms with Crippen LogP contribution in [0.15, 0.2) is 54.6 Å². The fraction of sp³-hybridized carbons (Fsp3) is 0.333. The summed E-state index contributed by atoms with van der Waals surface area (Å²) in [5.41, 5.74) is 9.01. The van der Waals surface area contributed by atoms with E-state index in [2.05, 4.69) is 10.1 Å². The fourth-order valence-electron chi connectivity index (χ4n) is 2.57. The van der Waals surface area contributed by atoms with Crippen molar-refractivity contribution >= 4 is 29.3 Å². The fourth-order valence-corrected chi connectivity index (χ4v) is 3.44. The van der Waals surface area contributed by atoms with Gasteiger partial charge in [-0.25, -0.2) is 0 Å². The van der Waals surface area contributed by atoms with E-state index in [9.17, 15) is 9.59 Å². The monoisotopic (exact) mass is 386 g/mol. The summed E-state index contributed by atoms with van der Waals surface area (Å²) in [4.78, 5) is 23.7. The molecule has 2 rings (SSSR count). The van der Waals surface area contributed by atoms with Crippen LogP contribution in [-0.2, 0) is 20.1 Å². The molecule has 0 heterocycles. The highest BCUT2D eigenvalue weighted by Gasteiger charge is 2.22. The van der Waals surface area contributed by atoms with Crippen LogP contribution in [-0.4, -0.2) is 24.7 Å². The quantitative estimate of drug-likeness (QED) is 0.507. The second-order valence-corrected chi connectivity index (χ2v) is 7.40. The largest absolute Gasteiger partial charge is 0.469 e. The van der Waals surface area contributed by atoms with Crippen LogP contribution in [0.5, 0.6) is 0 Å². The molecular formula is C21H26N2O3S.